The van der Waals surface area contributed by atoms with Crippen molar-refractivity contribution in [3.8, 4) is 33.4 Å². The van der Waals surface area contributed by atoms with Gasteiger partial charge in [0.1, 0.15) is 0 Å². The summed E-state index contributed by atoms with van der Waals surface area (Å²) in [5.74, 6) is 0. The minimum absolute atomic E-state index is 0.0338. The lowest BCUT2D eigenvalue weighted by atomic mass is 9.81. The van der Waals surface area contributed by atoms with Crippen molar-refractivity contribution < 1.29 is 0 Å². The van der Waals surface area contributed by atoms with Crippen LogP contribution in [0.1, 0.15) is 36.1 Å². The van der Waals surface area contributed by atoms with Crippen molar-refractivity contribution in [1.82, 2.24) is 0 Å². The summed E-state index contributed by atoms with van der Waals surface area (Å²) in [5.41, 5.74) is 16.9. The molecule has 0 aromatic heterocycles. The van der Waals surface area contributed by atoms with Gasteiger partial charge in [-0.2, -0.15) is 0 Å². The second-order valence-corrected chi connectivity index (χ2v) is 14.1. The Labute approximate surface area is 287 Å². The summed E-state index contributed by atoms with van der Waals surface area (Å²) < 4.78 is 0. The third-order valence-corrected chi connectivity index (χ3v) is 11.0. The first-order chi connectivity index (χ1) is 24.1. The van der Waals surface area contributed by atoms with Crippen LogP contribution in [0.3, 0.4) is 0 Å². The maximum Gasteiger partial charge on any atom is 0.0619 e. The average Bonchev–Trinajstić information content (AvgIpc) is 3.38. The zero-order valence-corrected chi connectivity index (χ0v) is 27.7. The summed E-state index contributed by atoms with van der Waals surface area (Å²) in [7, 11) is 0. The first kappa shape index (κ1) is 28.1. The molecule has 0 unspecified atom stereocenters. The van der Waals surface area contributed by atoms with Gasteiger partial charge in [-0.3, -0.25) is 0 Å². The first-order valence-corrected chi connectivity index (χ1v) is 17.3. The van der Waals surface area contributed by atoms with Gasteiger partial charge in [-0.05, 0) is 90.7 Å². The number of rotatable bonds is 3. The third kappa shape index (κ3) is 4.12. The van der Waals surface area contributed by atoms with E-state index in [1.54, 1.807) is 0 Å². The van der Waals surface area contributed by atoms with Crippen LogP contribution in [0.4, 0.5) is 17.1 Å². The molecule has 0 saturated carbocycles. The number of hydrogen-bond acceptors (Lipinski definition) is 1. The highest BCUT2D eigenvalue weighted by molar-refractivity contribution is 6.23. The molecule has 1 aliphatic heterocycles. The van der Waals surface area contributed by atoms with Crippen LogP contribution in [0, 0.1) is 0 Å². The fraction of sp³-hybridized carbons (Fsp3) is 0.0833. The van der Waals surface area contributed by atoms with Crippen LogP contribution in [0.25, 0.3) is 54.9 Å². The normalized spacial score (nSPS) is 14.0. The van der Waals surface area contributed by atoms with Gasteiger partial charge in [0, 0.05) is 34.0 Å². The number of nitrogens with zero attached hydrogens (tertiary/aromatic N) is 1. The van der Waals surface area contributed by atoms with Gasteiger partial charge in [0.2, 0.25) is 0 Å². The molecule has 0 N–H and O–H groups in total. The Kier molecular flexibility index (Phi) is 6.05. The number of anilines is 3. The highest BCUT2D eigenvalue weighted by atomic mass is 15.2. The van der Waals surface area contributed by atoms with Crippen molar-refractivity contribution in [2.24, 2.45) is 0 Å². The summed E-state index contributed by atoms with van der Waals surface area (Å²) in [4.78, 5) is 2.53. The molecule has 1 heteroatoms. The van der Waals surface area contributed by atoms with Crippen molar-refractivity contribution in [2.75, 3.05) is 4.90 Å². The highest BCUT2D eigenvalue weighted by Crippen LogP contribution is 2.54. The molecule has 0 saturated heterocycles. The van der Waals surface area contributed by atoms with E-state index in [0.29, 0.717) is 0 Å². The van der Waals surface area contributed by atoms with E-state index in [1.807, 2.05) is 0 Å². The minimum Gasteiger partial charge on any atom is -0.309 e. The van der Waals surface area contributed by atoms with E-state index in [2.05, 4.69) is 183 Å². The molecule has 1 aliphatic carbocycles. The average molecular weight is 626 g/mol. The summed E-state index contributed by atoms with van der Waals surface area (Å²) in [5, 5.41) is 5.04. The van der Waals surface area contributed by atoms with E-state index in [1.165, 1.54) is 94.2 Å². The first-order valence-electron chi connectivity index (χ1n) is 17.3. The lowest BCUT2D eigenvalue weighted by Gasteiger charge is -2.35. The zero-order valence-electron chi connectivity index (χ0n) is 27.7. The maximum absolute atomic E-state index is 2.53. The predicted octanol–water partition coefficient (Wildman–Crippen LogP) is 13.0. The molecule has 8 aromatic rings. The highest BCUT2D eigenvalue weighted by Gasteiger charge is 2.35. The quantitative estimate of drug-likeness (QED) is 0.177. The second kappa shape index (κ2) is 10.5. The van der Waals surface area contributed by atoms with Crippen molar-refractivity contribution >= 4 is 38.6 Å². The predicted molar refractivity (Wildman–Crippen MR) is 207 cm³/mol. The van der Waals surface area contributed by atoms with Crippen molar-refractivity contribution in [2.45, 2.75) is 25.7 Å². The molecule has 8 aromatic carbocycles. The second-order valence-electron chi connectivity index (χ2n) is 14.1. The molecule has 232 valence electrons. The fourth-order valence-electron chi connectivity index (χ4n) is 8.73. The summed E-state index contributed by atoms with van der Waals surface area (Å²) in [6, 6.07) is 61.0. The molecule has 49 heavy (non-hydrogen) atoms. The number of hydrogen-bond donors (Lipinski definition) is 0. The smallest absolute Gasteiger partial charge is 0.0619 e. The van der Waals surface area contributed by atoms with Crippen LogP contribution in [-0.2, 0) is 11.8 Å². The van der Waals surface area contributed by atoms with Gasteiger partial charge in [0.15, 0.2) is 0 Å². The Balaban J connectivity index is 1.33. The molecule has 0 fully saturated rings. The third-order valence-electron chi connectivity index (χ3n) is 11.0. The van der Waals surface area contributed by atoms with Crippen LogP contribution in [0.2, 0.25) is 0 Å². The Bertz CT molecular complexity index is 2560. The summed E-state index contributed by atoms with van der Waals surface area (Å²) in [6.07, 6.45) is 0.932. The standard InChI is InChI=1S/C48H35N/c1-48(2)42-21-11-10-18-36(42)40-30-35(25-27-43(40)48)46-37-19-8-9-20-38(37)47(39-26-24-32(29-41(39)46)31-14-4-3-5-15-31)49-44-22-12-6-16-33(44)28-34-17-7-13-23-45(34)49/h3-27,29-30H,28H2,1-2H3. The van der Waals surface area contributed by atoms with E-state index >= 15 is 0 Å². The van der Waals surface area contributed by atoms with Crippen LogP contribution in [0.5, 0.6) is 0 Å². The van der Waals surface area contributed by atoms with Crippen LogP contribution in [0.15, 0.2) is 164 Å². The van der Waals surface area contributed by atoms with E-state index < -0.39 is 0 Å². The van der Waals surface area contributed by atoms with Crippen LogP contribution >= 0.6 is 0 Å². The summed E-state index contributed by atoms with van der Waals surface area (Å²) >= 11 is 0. The summed E-state index contributed by atoms with van der Waals surface area (Å²) in [6.45, 7) is 4.72. The van der Waals surface area contributed by atoms with E-state index in [9.17, 15) is 0 Å². The molecule has 0 amide bonds. The van der Waals surface area contributed by atoms with Gasteiger partial charge in [0.25, 0.3) is 0 Å². The van der Waals surface area contributed by atoms with Gasteiger partial charge in [-0.25, -0.2) is 0 Å². The Hall–Kier alpha value is -5.92. The molecule has 1 nitrogen and oxygen atoms in total. The molecule has 0 radical (unpaired) electrons. The molecule has 2 aliphatic rings. The minimum atomic E-state index is -0.0338. The van der Waals surface area contributed by atoms with Crippen LogP contribution in [-0.4, -0.2) is 0 Å². The van der Waals surface area contributed by atoms with E-state index in [0.717, 1.165) is 6.42 Å². The number of benzene rings is 8. The molecular weight excluding hydrogens is 591 g/mol. The molecule has 0 bridgehead atoms. The monoisotopic (exact) mass is 625 g/mol. The molecular formula is C48H35N. The number of para-hydroxylation sites is 2. The van der Waals surface area contributed by atoms with Crippen molar-refractivity contribution in [1.29, 1.82) is 0 Å². The Morgan fingerprint density at radius 3 is 1.80 bits per heavy atom. The molecule has 0 atom stereocenters. The van der Waals surface area contributed by atoms with Gasteiger partial charge >= 0.3 is 0 Å². The molecule has 1 heterocycles. The zero-order chi connectivity index (χ0) is 32.7. The fourth-order valence-corrected chi connectivity index (χ4v) is 8.73. The Morgan fingerprint density at radius 1 is 0.429 bits per heavy atom. The Morgan fingerprint density at radius 2 is 1.02 bits per heavy atom. The van der Waals surface area contributed by atoms with Gasteiger partial charge < -0.3 is 4.90 Å². The van der Waals surface area contributed by atoms with Crippen LogP contribution < -0.4 is 4.90 Å². The molecule has 0 spiro atoms. The SMILES string of the molecule is CC1(C)c2ccccc2-c2cc(-c3c4ccccc4c(N4c5ccccc5Cc5ccccc54)c4ccc(-c5ccccc5)cc34)ccc21. The van der Waals surface area contributed by atoms with E-state index in [4.69, 9.17) is 0 Å². The van der Waals surface area contributed by atoms with E-state index in [-0.39, 0.29) is 5.41 Å². The lowest BCUT2D eigenvalue weighted by molar-refractivity contribution is 0.660. The largest absolute Gasteiger partial charge is 0.309 e. The van der Waals surface area contributed by atoms with Crippen molar-refractivity contribution in [3.63, 3.8) is 0 Å². The topological polar surface area (TPSA) is 3.24 Å². The van der Waals surface area contributed by atoms with Gasteiger partial charge in [0.05, 0.1) is 5.69 Å². The van der Waals surface area contributed by atoms with Gasteiger partial charge in [-0.15, -0.1) is 0 Å². The van der Waals surface area contributed by atoms with Gasteiger partial charge in [-0.1, -0.05) is 153 Å². The lowest BCUT2D eigenvalue weighted by Crippen LogP contribution is -2.19. The molecule has 10 rings (SSSR count). The maximum atomic E-state index is 2.53. The van der Waals surface area contributed by atoms with Crippen molar-refractivity contribution in [3.05, 3.63) is 186 Å². The number of fused-ring (bicyclic) bond motifs is 7.